The van der Waals surface area contributed by atoms with Gasteiger partial charge in [-0.05, 0) is 44.9 Å². The predicted octanol–water partition coefficient (Wildman–Crippen LogP) is 22.8. The van der Waals surface area contributed by atoms with E-state index in [1.807, 2.05) is 0 Å². The third kappa shape index (κ3) is 61.0. The lowest BCUT2D eigenvalue weighted by Crippen LogP contribution is -2.30. The first-order chi connectivity index (χ1) is 36.5. The van der Waals surface area contributed by atoms with Gasteiger partial charge in [-0.3, -0.25) is 14.4 Å². The van der Waals surface area contributed by atoms with E-state index in [9.17, 15) is 14.4 Å². The van der Waals surface area contributed by atoms with Gasteiger partial charge in [0.05, 0.1) is 0 Å². The first kappa shape index (κ1) is 72.2. The topological polar surface area (TPSA) is 78.9 Å². The molecule has 0 aliphatic carbocycles. The third-order valence-electron chi connectivity index (χ3n) is 15.5. The predicted molar refractivity (Wildman–Crippen MR) is 321 cm³/mol. The molecule has 438 valence electrons. The number of carbonyl (C=O) groups is 3. The van der Waals surface area contributed by atoms with E-state index in [2.05, 4.69) is 32.9 Å². The number of allylic oxidation sites excluding steroid dienone is 2. The van der Waals surface area contributed by atoms with E-state index < -0.39 is 6.10 Å². The van der Waals surface area contributed by atoms with Gasteiger partial charge in [0.2, 0.25) is 0 Å². The fourth-order valence-electron chi connectivity index (χ4n) is 10.4. The van der Waals surface area contributed by atoms with Crippen LogP contribution >= 0.6 is 0 Å². The van der Waals surface area contributed by atoms with Crippen molar-refractivity contribution >= 4 is 17.9 Å². The van der Waals surface area contributed by atoms with E-state index in [1.54, 1.807) is 0 Å². The number of hydrogen-bond donors (Lipinski definition) is 0. The third-order valence-corrected chi connectivity index (χ3v) is 15.5. The van der Waals surface area contributed by atoms with Crippen molar-refractivity contribution in [1.29, 1.82) is 0 Å². The Hall–Kier alpha value is -1.85. The summed E-state index contributed by atoms with van der Waals surface area (Å²) in [6, 6.07) is 0. The smallest absolute Gasteiger partial charge is 0.306 e. The summed E-state index contributed by atoms with van der Waals surface area (Å²) in [5, 5.41) is 0. The number of esters is 3. The number of ether oxygens (including phenoxy) is 3. The van der Waals surface area contributed by atoms with E-state index in [4.69, 9.17) is 14.2 Å². The molecule has 0 amide bonds. The molecule has 0 fully saturated rings. The van der Waals surface area contributed by atoms with E-state index in [-0.39, 0.29) is 31.1 Å². The van der Waals surface area contributed by atoms with E-state index in [0.29, 0.717) is 19.3 Å². The van der Waals surface area contributed by atoms with Gasteiger partial charge in [-0.15, -0.1) is 0 Å². The minimum Gasteiger partial charge on any atom is -0.462 e. The number of hydrogen-bond acceptors (Lipinski definition) is 6. The van der Waals surface area contributed by atoms with Crippen molar-refractivity contribution in [1.82, 2.24) is 0 Å². The Kier molecular flexibility index (Phi) is 62.1. The van der Waals surface area contributed by atoms with Crippen LogP contribution in [-0.2, 0) is 28.6 Å². The molecule has 0 aromatic rings. The highest BCUT2D eigenvalue weighted by atomic mass is 16.6. The Bertz CT molecular complexity index is 1150. The average molecular weight is 1040 g/mol. The lowest BCUT2D eigenvalue weighted by atomic mass is 10.0. The molecule has 0 radical (unpaired) electrons. The second-order valence-electron chi connectivity index (χ2n) is 23.1. The standard InChI is InChI=1S/C68H130O6/c1-4-7-10-13-16-19-22-25-27-28-29-30-31-32-33-34-35-36-37-38-39-40-42-43-46-49-52-55-58-61-67(70)73-64-65(63-72-66(69)60-57-54-51-48-45-24-21-18-15-12-9-6-3)74-68(71)62-59-56-53-50-47-44-41-26-23-20-17-14-11-8-5-2/h18,21,65H,4-17,19-20,22-64H2,1-3H3/b21-18-. The normalized spacial score (nSPS) is 12.0. The zero-order chi connectivity index (χ0) is 53.6. The zero-order valence-electron chi connectivity index (χ0n) is 50.4. The van der Waals surface area contributed by atoms with Gasteiger partial charge in [0, 0.05) is 19.3 Å². The first-order valence-corrected chi connectivity index (χ1v) is 33.7. The minimum atomic E-state index is -0.768. The van der Waals surface area contributed by atoms with E-state index in [1.165, 1.54) is 283 Å². The molecule has 0 aliphatic heterocycles. The van der Waals surface area contributed by atoms with Gasteiger partial charge in [0.25, 0.3) is 0 Å². The van der Waals surface area contributed by atoms with Gasteiger partial charge >= 0.3 is 17.9 Å². The summed E-state index contributed by atoms with van der Waals surface area (Å²) in [7, 11) is 0. The molecule has 0 heterocycles. The fourth-order valence-corrected chi connectivity index (χ4v) is 10.4. The maximum atomic E-state index is 12.9. The second kappa shape index (κ2) is 63.7. The van der Waals surface area contributed by atoms with Crippen LogP contribution in [0.4, 0.5) is 0 Å². The molecule has 6 nitrogen and oxygen atoms in total. The Labute approximate surface area is 462 Å². The fraction of sp³-hybridized carbons (Fsp3) is 0.926. The summed E-state index contributed by atoms with van der Waals surface area (Å²) in [5.74, 6) is -0.846. The monoisotopic (exact) mass is 1040 g/mol. The van der Waals surface area contributed by atoms with Crippen molar-refractivity contribution < 1.29 is 28.6 Å². The van der Waals surface area contributed by atoms with Gasteiger partial charge < -0.3 is 14.2 Å². The molecule has 1 atom stereocenters. The maximum absolute atomic E-state index is 12.9. The van der Waals surface area contributed by atoms with Gasteiger partial charge in [-0.2, -0.15) is 0 Å². The Balaban J connectivity index is 4.10. The van der Waals surface area contributed by atoms with Crippen LogP contribution in [0.2, 0.25) is 0 Å². The highest BCUT2D eigenvalue weighted by molar-refractivity contribution is 5.71. The molecule has 0 bridgehead atoms. The van der Waals surface area contributed by atoms with Crippen LogP contribution in [0.15, 0.2) is 12.2 Å². The van der Waals surface area contributed by atoms with Crippen molar-refractivity contribution in [3.63, 3.8) is 0 Å². The minimum absolute atomic E-state index is 0.0661. The van der Waals surface area contributed by atoms with Crippen LogP contribution in [0.1, 0.15) is 387 Å². The molecule has 0 aromatic heterocycles. The van der Waals surface area contributed by atoms with Crippen LogP contribution in [0, 0.1) is 0 Å². The van der Waals surface area contributed by atoms with Crippen LogP contribution in [0.3, 0.4) is 0 Å². The van der Waals surface area contributed by atoms with Crippen molar-refractivity contribution in [3.8, 4) is 0 Å². The van der Waals surface area contributed by atoms with Crippen LogP contribution < -0.4 is 0 Å². The van der Waals surface area contributed by atoms with Crippen LogP contribution in [0.5, 0.6) is 0 Å². The lowest BCUT2D eigenvalue weighted by molar-refractivity contribution is -0.167. The highest BCUT2D eigenvalue weighted by Crippen LogP contribution is 2.19. The highest BCUT2D eigenvalue weighted by Gasteiger charge is 2.19. The average Bonchev–Trinajstić information content (AvgIpc) is 3.40. The van der Waals surface area contributed by atoms with Crippen molar-refractivity contribution in [2.75, 3.05) is 13.2 Å². The first-order valence-electron chi connectivity index (χ1n) is 33.7. The summed E-state index contributed by atoms with van der Waals surface area (Å²) < 4.78 is 16.9. The van der Waals surface area contributed by atoms with Crippen LogP contribution in [-0.4, -0.2) is 37.2 Å². The number of carbonyl (C=O) groups excluding carboxylic acids is 3. The molecule has 1 unspecified atom stereocenters. The quantitative estimate of drug-likeness (QED) is 0.0261. The molecular weight excluding hydrogens is 913 g/mol. The maximum Gasteiger partial charge on any atom is 0.306 e. The second-order valence-corrected chi connectivity index (χ2v) is 23.1. The van der Waals surface area contributed by atoms with Gasteiger partial charge in [0.15, 0.2) is 6.10 Å². The molecule has 6 heteroatoms. The molecular formula is C68H130O6. The zero-order valence-corrected chi connectivity index (χ0v) is 50.4. The van der Waals surface area contributed by atoms with Crippen molar-refractivity contribution in [2.45, 2.75) is 393 Å². The van der Waals surface area contributed by atoms with E-state index >= 15 is 0 Å². The summed E-state index contributed by atoms with van der Waals surface area (Å²) in [6.45, 7) is 6.68. The van der Waals surface area contributed by atoms with Crippen molar-refractivity contribution in [2.24, 2.45) is 0 Å². The molecule has 0 N–H and O–H groups in total. The molecule has 0 saturated carbocycles. The van der Waals surface area contributed by atoms with E-state index in [0.717, 1.165) is 64.2 Å². The molecule has 74 heavy (non-hydrogen) atoms. The molecule has 0 rings (SSSR count). The largest absolute Gasteiger partial charge is 0.462 e. The summed E-state index contributed by atoms with van der Waals surface area (Å²) in [6.07, 6.45) is 75.3. The molecule has 0 saturated heterocycles. The number of rotatable bonds is 63. The van der Waals surface area contributed by atoms with Gasteiger partial charge in [-0.1, -0.05) is 335 Å². The molecule has 0 spiro atoms. The summed E-state index contributed by atoms with van der Waals surface area (Å²) in [4.78, 5) is 38.2. The summed E-state index contributed by atoms with van der Waals surface area (Å²) in [5.41, 5.74) is 0. The van der Waals surface area contributed by atoms with Gasteiger partial charge in [0.1, 0.15) is 13.2 Å². The van der Waals surface area contributed by atoms with Crippen molar-refractivity contribution in [3.05, 3.63) is 12.2 Å². The summed E-state index contributed by atoms with van der Waals surface area (Å²) >= 11 is 0. The Morgan fingerprint density at radius 3 is 0.703 bits per heavy atom. The Morgan fingerprint density at radius 2 is 0.446 bits per heavy atom. The molecule has 0 aromatic carbocycles. The SMILES string of the molecule is CCCCC/C=C\CCCCCCCC(=O)OCC(COC(=O)CCCCCCCCCCCCCCCCCCCCCCCCCCCCCCC)OC(=O)CCCCCCCCCCCCCCCCC. The van der Waals surface area contributed by atoms with Crippen LogP contribution in [0.25, 0.3) is 0 Å². The lowest BCUT2D eigenvalue weighted by Gasteiger charge is -2.18. The Morgan fingerprint density at radius 1 is 0.257 bits per heavy atom. The number of unbranched alkanes of at least 4 members (excludes halogenated alkanes) is 50. The molecule has 0 aliphatic rings. The van der Waals surface area contributed by atoms with Gasteiger partial charge in [-0.25, -0.2) is 0 Å².